The molecule has 0 radical (unpaired) electrons. The molecule has 1 aliphatic heterocycles. The van der Waals surface area contributed by atoms with Gasteiger partial charge in [-0.05, 0) is 24.9 Å². The fraction of sp³-hybridized carbons (Fsp3) is 0.625. The van der Waals surface area contributed by atoms with Crippen molar-refractivity contribution in [1.29, 1.82) is 0 Å². The number of aryl methyl sites for hydroxylation is 1. The van der Waals surface area contributed by atoms with Crippen LogP contribution >= 0.6 is 11.5 Å². The van der Waals surface area contributed by atoms with E-state index in [1.165, 1.54) is 0 Å². The number of ether oxygens (including phenoxy) is 1. The zero-order valence-corrected chi connectivity index (χ0v) is 8.50. The van der Waals surface area contributed by atoms with Crippen LogP contribution in [-0.2, 0) is 14.9 Å². The lowest BCUT2D eigenvalue weighted by Gasteiger charge is -2.17. The maximum atomic E-state index is 11.2. The van der Waals surface area contributed by atoms with E-state index in [0.717, 1.165) is 11.5 Å². The Balaban J connectivity index is 2.41. The molecule has 1 aromatic rings. The molecule has 0 amide bonds. The summed E-state index contributed by atoms with van der Waals surface area (Å²) < 4.78 is 9.14. The van der Waals surface area contributed by atoms with Gasteiger partial charge in [-0.3, -0.25) is 4.79 Å². The van der Waals surface area contributed by atoms with Crippen molar-refractivity contribution in [2.45, 2.75) is 18.8 Å². The lowest BCUT2D eigenvalue weighted by atomic mass is 9.88. The fourth-order valence-electron chi connectivity index (χ4n) is 1.49. The summed E-state index contributed by atoms with van der Waals surface area (Å²) in [6.07, 6.45) is 0.483. The van der Waals surface area contributed by atoms with E-state index in [1.54, 1.807) is 6.92 Å². The first-order chi connectivity index (χ1) is 6.65. The summed E-state index contributed by atoms with van der Waals surface area (Å²) in [5.41, 5.74) is -0.952. The first-order valence-electron chi connectivity index (χ1n) is 4.27. The fourth-order valence-corrected chi connectivity index (χ4v) is 2.34. The first kappa shape index (κ1) is 9.54. The lowest BCUT2D eigenvalue weighted by Crippen LogP contribution is -2.36. The molecule has 1 aromatic heterocycles. The molecule has 1 atom stereocenters. The SMILES string of the molecule is Cc1nsc(C2(C(=O)O)CCOC2)n1. The van der Waals surface area contributed by atoms with E-state index in [1.807, 2.05) is 0 Å². The van der Waals surface area contributed by atoms with Crippen LogP contribution in [0.2, 0.25) is 0 Å². The summed E-state index contributed by atoms with van der Waals surface area (Å²) in [5, 5.41) is 9.74. The molecule has 0 bridgehead atoms. The molecule has 5 nitrogen and oxygen atoms in total. The van der Waals surface area contributed by atoms with Gasteiger partial charge in [0.1, 0.15) is 16.2 Å². The molecule has 14 heavy (non-hydrogen) atoms. The van der Waals surface area contributed by atoms with Crippen LogP contribution in [0.5, 0.6) is 0 Å². The largest absolute Gasteiger partial charge is 0.480 e. The number of nitrogens with zero attached hydrogens (tertiary/aromatic N) is 2. The molecule has 2 rings (SSSR count). The van der Waals surface area contributed by atoms with Crippen LogP contribution in [0.15, 0.2) is 0 Å². The van der Waals surface area contributed by atoms with Gasteiger partial charge in [-0.2, -0.15) is 4.37 Å². The first-order valence-corrected chi connectivity index (χ1v) is 5.04. The standard InChI is InChI=1S/C8H10N2O3S/c1-5-9-6(14-10-5)8(7(11)12)2-3-13-4-8/h2-4H2,1H3,(H,11,12). The van der Waals surface area contributed by atoms with Gasteiger partial charge >= 0.3 is 5.97 Å². The Labute approximate surface area is 84.9 Å². The summed E-state index contributed by atoms with van der Waals surface area (Å²) >= 11 is 1.15. The molecule has 1 N–H and O–H groups in total. The zero-order chi connectivity index (χ0) is 10.2. The van der Waals surface area contributed by atoms with Crippen LogP contribution in [-0.4, -0.2) is 33.6 Å². The molecule has 0 aliphatic carbocycles. The Morgan fingerprint density at radius 1 is 1.71 bits per heavy atom. The van der Waals surface area contributed by atoms with Gasteiger partial charge in [-0.25, -0.2) is 4.98 Å². The third-order valence-corrected chi connectivity index (χ3v) is 3.38. The Morgan fingerprint density at radius 2 is 2.50 bits per heavy atom. The molecule has 1 unspecified atom stereocenters. The Bertz CT molecular complexity index is 357. The zero-order valence-electron chi connectivity index (χ0n) is 7.69. The summed E-state index contributed by atoms with van der Waals surface area (Å²) in [6, 6.07) is 0. The number of aliphatic carboxylic acids is 1. The van der Waals surface area contributed by atoms with Crippen LogP contribution in [0.4, 0.5) is 0 Å². The second-order valence-electron chi connectivity index (χ2n) is 3.34. The Morgan fingerprint density at radius 3 is 2.93 bits per heavy atom. The minimum Gasteiger partial charge on any atom is -0.480 e. The summed E-state index contributed by atoms with van der Waals surface area (Å²) in [7, 11) is 0. The number of carbonyl (C=O) groups is 1. The van der Waals surface area contributed by atoms with Crippen molar-refractivity contribution in [3.63, 3.8) is 0 Å². The molecule has 0 aromatic carbocycles. The van der Waals surface area contributed by atoms with Crippen molar-refractivity contribution in [1.82, 2.24) is 9.36 Å². The maximum Gasteiger partial charge on any atom is 0.319 e. The van der Waals surface area contributed by atoms with Gasteiger partial charge in [-0.1, -0.05) is 0 Å². The van der Waals surface area contributed by atoms with Crippen LogP contribution in [0.1, 0.15) is 17.3 Å². The molecule has 0 saturated carbocycles. The Kier molecular flexibility index (Phi) is 2.24. The molecule has 1 fully saturated rings. The van der Waals surface area contributed by atoms with Crippen LogP contribution < -0.4 is 0 Å². The van der Waals surface area contributed by atoms with Gasteiger partial charge in [0.15, 0.2) is 0 Å². The highest BCUT2D eigenvalue weighted by Gasteiger charge is 2.47. The maximum absolute atomic E-state index is 11.2. The molecule has 76 valence electrons. The summed E-state index contributed by atoms with van der Waals surface area (Å²) in [5.74, 6) is -0.247. The van der Waals surface area contributed by atoms with Gasteiger partial charge in [0.2, 0.25) is 0 Å². The highest BCUT2D eigenvalue weighted by atomic mass is 32.1. The normalized spacial score (nSPS) is 26.6. The van der Waals surface area contributed by atoms with Crippen LogP contribution in [0, 0.1) is 6.92 Å². The van der Waals surface area contributed by atoms with E-state index in [9.17, 15) is 9.90 Å². The molecular formula is C8H10N2O3S. The molecule has 1 aliphatic rings. The van der Waals surface area contributed by atoms with Crippen LogP contribution in [0.3, 0.4) is 0 Å². The van der Waals surface area contributed by atoms with E-state index in [4.69, 9.17) is 4.74 Å². The highest BCUT2D eigenvalue weighted by Crippen LogP contribution is 2.34. The van der Waals surface area contributed by atoms with Gasteiger partial charge in [-0.15, -0.1) is 0 Å². The van der Waals surface area contributed by atoms with Crippen LogP contribution in [0.25, 0.3) is 0 Å². The molecule has 1 saturated heterocycles. The van der Waals surface area contributed by atoms with E-state index in [0.29, 0.717) is 23.9 Å². The number of carboxylic acid groups (broad SMARTS) is 1. The van der Waals surface area contributed by atoms with Crippen molar-refractivity contribution in [3.05, 3.63) is 10.8 Å². The smallest absolute Gasteiger partial charge is 0.319 e. The second-order valence-corrected chi connectivity index (χ2v) is 4.09. The third-order valence-electron chi connectivity index (χ3n) is 2.37. The van der Waals surface area contributed by atoms with Gasteiger partial charge in [0.05, 0.1) is 6.61 Å². The molecule has 2 heterocycles. The number of hydrogen-bond acceptors (Lipinski definition) is 5. The average Bonchev–Trinajstić information content (AvgIpc) is 2.71. The quantitative estimate of drug-likeness (QED) is 0.780. The number of aromatic nitrogens is 2. The summed E-state index contributed by atoms with van der Waals surface area (Å²) in [6.45, 7) is 2.44. The number of carboxylic acids is 1. The topological polar surface area (TPSA) is 72.3 Å². The monoisotopic (exact) mass is 214 g/mol. The highest BCUT2D eigenvalue weighted by molar-refractivity contribution is 7.05. The average molecular weight is 214 g/mol. The van der Waals surface area contributed by atoms with Gasteiger partial charge in [0, 0.05) is 6.61 Å². The van der Waals surface area contributed by atoms with Gasteiger partial charge < -0.3 is 9.84 Å². The van der Waals surface area contributed by atoms with E-state index < -0.39 is 11.4 Å². The van der Waals surface area contributed by atoms with E-state index >= 15 is 0 Å². The van der Waals surface area contributed by atoms with Crippen molar-refractivity contribution < 1.29 is 14.6 Å². The van der Waals surface area contributed by atoms with E-state index in [-0.39, 0.29) is 6.61 Å². The van der Waals surface area contributed by atoms with Crippen molar-refractivity contribution in [2.24, 2.45) is 0 Å². The molecular weight excluding hydrogens is 204 g/mol. The predicted octanol–water partition coefficient (Wildman–Crippen LogP) is 0.589. The molecule has 6 heteroatoms. The molecule has 0 spiro atoms. The van der Waals surface area contributed by atoms with Gasteiger partial charge in [0.25, 0.3) is 0 Å². The lowest BCUT2D eigenvalue weighted by molar-refractivity contribution is -0.143. The summed E-state index contributed by atoms with van der Waals surface area (Å²) in [4.78, 5) is 15.3. The minimum atomic E-state index is -0.952. The van der Waals surface area contributed by atoms with Crippen molar-refractivity contribution in [2.75, 3.05) is 13.2 Å². The minimum absolute atomic E-state index is 0.205. The Hall–Kier alpha value is -1.01. The van der Waals surface area contributed by atoms with Crippen molar-refractivity contribution in [3.8, 4) is 0 Å². The predicted molar refractivity (Wildman–Crippen MR) is 49.4 cm³/mol. The van der Waals surface area contributed by atoms with Crippen molar-refractivity contribution >= 4 is 17.5 Å². The second kappa shape index (κ2) is 3.29. The number of hydrogen-bond donors (Lipinski definition) is 1. The third kappa shape index (κ3) is 1.31. The number of rotatable bonds is 2. The van der Waals surface area contributed by atoms with E-state index in [2.05, 4.69) is 9.36 Å².